The number of amides is 3. The van der Waals surface area contributed by atoms with Crippen molar-refractivity contribution in [1.82, 2.24) is 19.6 Å². The van der Waals surface area contributed by atoms with Crippen LogP contribution in [-0.2, 0) is 11.3 Å². The second-order valence-corrected chi connectivity index (χ2v) is 8.23. The molecule has 3 amide bonds. The zero-order chi connectivity index (χ0) is 20.1. The van der Waals surface area contributed by atoms with Gasteiger partial charge in [0.05, 0.1) is 16.8 Å². The van der Waals surface area contributed by atoms with Gasteiger partial charge in [-0.15, -0.1) is 0 Å². The molecule has 0 radical (unpaired) electrons. The highest BCUT2D eigenvalue weighted by atomic mass is 19.4. The number of likely N-dealkylation sites (tertiary alicyclic amines) is 2. The Morgan fingerprint density at radius 1 is 1.32 bits per heavy atom. The van der Waals surface area contributed by atoms with E-state index in [1.807, 2.05) is 0 Å². The van der Waals surface area contributed by atoms with Crippen molar-refractivity contribution in [2.24, 2.45) is 5.41 Å². The SMILES string of the molecule is CN1CCCC2(CCN(C(=O)Nc3cn(CC(F)(F)F)nc3C3CC3)C2)C1=O. The van der Waals surface area contributed by atoms with Crippen molar-refractivity contribution in [1.29, 1.82) is 0 Å². The van der Waals surface area contributed by atoms with Crippen molar-refractivity contribution >= 4 is 17.6 Å². The average molecular weight is 399 g/mol. The number of alkyl halides is 3. The molecule has 3 aliphatic rings. The number of hydrogen-bond donors (Lipinski definition) is 1. The van der Waals surface area contributed by atoms with Gasteiger partial charge in [0.2, 0.25) is 5.91 Å². The van der Waals surface area contributed by atoms with E-state index in [0.29, 0.717) is 30.9 Å². The van der Waals surface area contributed by atoms with E-state index in [-0.39, 0.29) is 17.9 Å². The molecule has 1 aromatic rings. The Labute approximate surface area is 160 Å². The number of aromatic nitrogens is 2. The monoisotopic (exact) mass is 399 g/mol. The average Bonchev–Trinajstić information content (AvgIpc) is 3.24. The Morgan fingerprint density at radius 2 is 2.07 bits per heavy atom. The largest absolute Gasteiger partial charge is 0.408 e. The number of rotatable bonds is 3. The maximum Gasteiger partial charge on any atom is 0.408 e. The minimum absolute atomic E-state index is 0.0747. The number of nitrogens with zero attached hydrogens (tertiary/aromatic N) is 4. The van der Waals surface area contributed by atoms with Crippen molar-refractivity contribution < 1.29 is 22.8 Å². The van der Waals surface area contributed by atoms with Crippen molar-refractivity contribution in [2.45, 2.75) is 50.7 Å². The number of urea groups is 1. The Kier molecular flexibility index (Phi) is 4.54. The molecule has 0 aromatic carbocycles. The van der Waals surface area contributed by atoms with Crippen LogP contribution in [0, 0.1) is 5.41 Å². The third kappa shape index (κ3) is 3.68. The fourth-order valence-corrected chi connectivity index (χ4v) is 4.34. The summed E-state index contributed by atoms with van der Waals surface area (Å²) in [5.41, 5.74) is 0.328. The lowest BCUT2D eigenvalue weighted by Crippen LogP contribution is -2.49. The van der Waals surface area contributed by atoms with E-state index in [1.54, 1.807) is 16.8 Å². The molecule has 1 atom stereocenters. The predicted molar refractivity (Wildman–Crippen MR) is 94.8 cm³/mol. The highest BCUT2D eigenvalue weighted by molar-refractivity contribution is 5.92. The fourth-order valence-electron chi connectivity index (χ4n) is 4.34. The number of hydrogen-bond acceptors (Lipinski definition) is 3. The number of carbonyl (C=O) groups is 2. The molecule has 10 heteroatoms. The molecular weight excluding hydrogens is 375 g/mol. The predicted octanol–water partition coefficient (Wildman–Crippen LogP) is 2.80. The van der Waals surface area contributed by atoms with Crippen LogP contribution in [0.2, 0.25) is 0 Å². The Bertz CT molecular complexity index is 789. The van der Waals surface area contributed by atoms with Gasteiger partial charge in [0.25, 0.3) is 0 Å². The first-order valence-corrected chi connectivity index (χ1v) is 9.62. The topological polar surface area (TPSA) is 70.5 Å². The van der Waals surface area contributed by atoms with E-state index in [2.05, 4.69) is 10.4 Å². The van der Waals surface area contributed by atoms with Crippen LogP contribution < -0.4 is 5.32 Å². The summed E-state index contributed by atoms with van der Waals surface area (Å²) in [6, 6.07) is -0.383. The van der Waals surface area contributed by atoms with Gasteiger partial charge >= 0.3 is 12.2 Å². The Balaban J connectivity index is 1.46. The molecule has 1 unspecified atom stereocenters. The van der Waals surface area contributed by atoms with E-state index < -0.39 is 18.1 Å². The number of nitrogens with one attached hydrogen (secondary N) is 1. The first-order chi connectivity index (χ1) is 13.2. The maximum absolute atomic E-state index is 12.7. The van der Waals surface area contributed by atoms with Crippen LogP contribution in [0.3, 0.4) is 0 Å². The number of halogens is 3. The molecule has 154 valence electrons. The van der Waals surface area contributed by atoms with Crippen LogP contribution in [0.4, 0.5) is 23.7 Å². The van der Waals surface area contributed by atoms with Gasteiger partial charge in [0.15, 0.2) is 0 Å². The zero-order valence-electron chi connectivity index (χ0n) is 15.8. The molecule has 1 N–H and O–H groups in total. The van der Waals surface area contributed by atoms with Crippen LogP contribution in [0.1, 0.15) is 43.7 Å². The van der Waals surface area contributed by atoms with Crippen molar-refractivity contribution in [2.75, 3.05) is 32.0 Å². The van der Waals surface area contributed by atoms with Crippen molar-refractivity contribution in [3.05, 3.63) is 11.9 Å². The van der Waals surface area contributed by atoms with E-state index in [0.717, 1.165) is 36.9 Å². The molecule has 7 nitrogen and oxygen atoms in total. The third-order valence-corrected chi connectivity index (χ3v) is 5.93. The lowest BCUT2D eigenvalue weighted by molar-refractivity contribution is -0.144. The van der Waals surface area contributed by atoms with E-state index in [1.165, 1.54) is 6.20 Å². The van der Waals surface area contributed by atoms with Crippen LogP contribution in [0.15, 0.2) is 6.20 Å². The molecule has 1 spiro atoms. The van der Waals surface area contributed by atoms with Gasteiger partial charge in [-0.05, 0) is 32.1 Å². The lowest BCUT2D eigenvalue weighted by Gasteiger charge is -2.37. The summed E-state index contributed by atoms with van der Waals surface area (Å²) in [5, 5.41) is 6.78. The van der Waals surface area contributed by atoms with Gasteiger partial charge in [0, 0.05) is 38.8 Å². The van der Waals surface area contributed by atoms with Gasteiger partial charge in [-0.25, -0.2) is 4.79 Å². The quantitative estimate of drug-likeness (QED) is 0.850. The summed E-state index contributed by atoms with van der Waals surface area (Å²) in [7, 11) is 1.78. The van der Waals surface area contributed by atoms with Gasteiger partial charge in [-0.1, -0.05) is 0 Å². The summed E-state index contributed by atoms with van der Waals surface area (Å²) in [4.78, 5) is 28.7. The Morgan fingerprint density at radius 3 is 2.75 bits per heavy atom. The van der Waals surface area contributed by atoms with E-state index >= 15 is 0 Å². The molecule has 4 rings (SSSR count). The van der Waals surface area contributed by atoms with Crippen LogP contribution >= 0.6 is 0 Å². The molecule has 1 saturated carbocycles. The lowest BCUT2D eigenvalue weighted by atomic mass is 9.78. The zero-order valence-corrected chi connectivity index (χ0v) is 15.8. The second-order valence-electron chi connectivity index (χ2n) is 8.23. The molecular formula is C18H24F3N5O2. The normalized spacial score (nSPS) is 25.6. The Hall–Kier alpha value is -2.26. The second kappa shape index (κ2) is 6.66. The van der Waals surface area contributed by atoms with Gasteiger partial charge in [-0.3, -0.25) is 9.48 Å². The molecule has 3 fully saturated rings. The van der Waals surface area contributed by atoms with Crippen LogP contribution in [-0.4, -0.2) is 64.4 Å². The van der Waals surface area contributed by atoms with Gasteiger partial charge < -0.3 is 15.1 Å². The molecule has 3 heterocycles. The van der Waals surface area contributed by atoms with E-state index in [9.17, 15) is 22.8 Å². The van der Waals surface area contributed by atoms with Crippen molar-refractivity contribution in [3.63, 3.8) is 0 Å². The number of anilines is 1. The highest BCUT2D eigenvalue weighted by Gasteiger charge is 2.48. The van der Waals surface area contributed by atoms with Crippen molar-refractivity contribution in [3.8, 4) is 0 Å². The van der Waals surface area contributed by atoms with Crippen LogP contribution in [0.5, 0.6) is 0 Å². The number of piperidine rings is 1. The fraction of sp³-hybridized carbons (Fsp3) is 0.722. The first kappa shape index (κ1) is 19.1. The summed E-state index contributed by atoms with van der Waals surface area (Å²) >= 11 is 0. The smallest absolute Gasteiger partial charge is 0.345 e. The van der Waals surface area contributed by atoms with E-state index in [4.69, 9.17) is 0 Å². The molecule has 0 bridgehead atoms. The molecule has 2 saturated heterocycles. The summed E-state index contributed by atoms with van der Waals surface area (Å²) in [6.45, 7) is 0.352. The molecule has 1 aromatic heterocycles. The molecule has 28 heavy (non-hydrogen) atoms. The summed E-state index contributed by atoms with van der Waals surface area (Å²) in [5.74, 6) is 0.175. The maximum atomic E-state index is 12.7. The van der Waals surface area contributed by atoms with Gasteiger partial charge in [0.1, 0.15) is 6.54 Å². The number of carbonyl (C=O) groups excluding carboxylic acids is 2. The first-order valence-electron chi connectivity index (χ1n) is 9.62. The standard InChI is InChI=1S/C18H24F3N5O2/c1-24-7-2-5-17(15(24)27)6-8-25(10-17)16(28)22-13-9-26(11-18(19,20)21)23-14(13)12-3-4-12/h9,12H,2-8,10-11H2,1H3,(H,22,28). The molecule has 1 aliphatic carbocycles. The molecule has 2 aliphatic heterocycles. The minimum Gasteiger partial charge on any atom is -0.345 e. The van der Waals surface area contributed by atoms with Crippen LogP contribution in [0.25, 0.3) is 0 Å². The minimum atomic E-state index is -4.37. The summed E-state index contributed by atoms with van der Waals surface area (Å²) in [6.07, 6.45) is 0.892. The third-order valence-electron chi connectivity index (χ3n) is 5.93. The highest BCUT2D eigenvalue weighted by Crippen LogP contribution is 2.43. The van der Waals surface area contributed by atoms with Gasteiger partial charge in [-0.2, -0.15) is 18.3 Å². The summed E-state index contributed by atoms with van der Waals surface area (Å²) < 4.78 is 38.9.